The van der Waals surface area contributed by atoms with E-state index in [0.29, 0.717) is 11.8 Å². The summed E-state index contributed by atoms with van der Waals surface area (Å²) in [6.07, 6.45) is 5.22. The van der Waals surface area contributed by atoms with Crippen LogP contribution in [0.2, 0.25) is 0 Å². The summed E-state index contributed by atoms with van der Waals surface area (Å²) in [5.41, 5.74) is -0.397. The molecule has 1 rings (SSSR count). The first kappa shape index (κ1) is 14.3. The summed E-state index contributed by atoms with van der Waals surface area (Å²) in [4.78, 5) is 12.5. The molecule has 1 amide bonds. The molecule has 0 aliphatic heterocycles. The van der Waals surface area contributed by atoms with Gasteiger partial charge < -0.3 is 5.32 Å². The van der Waals surface area contributed by atoms with Gasteiger partial charge in [0.25, 0.3) is 0 Å². The molecule has 1 aliphatic rings. The van der Waals surface area contributed by atoms with Crippen molar-refractivity contribution in [2.45, 2.75) is 59.4 Å². The van der Waals surface area contributed by atoms with Crippen LogP contribution in [0, 0.1) is 17.3 Å². The van der Waals surface area contributed by atoms with E-state index in [-0.39, 0.29) is 16.9 Å². The van der Waals surface area contributed by atoms with Gasteiger partial charge in [-0.1, -0.05) is 19.9 Å². The molecule has 0 aromatic heterocycles. The van der Waals surface area contributed by atoms with Gasteiger partial charge in [-0.15, -0.1) is 6.58 Å². The van der Waals surface area contributed by atoms with Gasteiger partial charge in [0.2, 0.25) is 5.91 Å². The van der Waals surface area contributed by atoms with Gasteiger partial charge in [0.15, 0.2) is 0 Å². The third-order valence-corrected chi connectivity index (χ3v) is 4.08. The van der Waals surface area contributed by atoms with Gasteiger partial charge in [0.1, 0.15) is 0 Å². The summed E-state index contributed by atoms with van der Waals surface area (Å²) in [5.74, 6) is 1.13. The Balaban J connectivity index is 2.83. The van der Waals surface area contributed by atoms with E-state index in [1.165, 1.54) is 6.42 Å². The molecule has 98 valence electrons. The Morgan fingerprint density at radius 1 is 1.41 bits per heavy atom. The monoisotopic (exact) mass is 237 g/mol. The van der Waals surface area contributed by atoms with Crippen LogP contribution < -0.4 is 5.32 Å². The third-order valence-electron chi connectivity index (χ3n) is 4.08. The topological polar surface area (TPSA) is 29.1 Å². The number of carbonyl (C=O) groups is 1. The predicted octanol–water partition coefficient (Wildman–Crippen LogP) is 3.53. The highest BCUT2D eigenvalue weighted by molar-refractivity contribution is 5.83. The second kappa shape index (κ2) is 4.83. The van der Waals surface area contributed by atoms with E-state index < -0.39 is 0 Å². The van der Waals surface area contributed by atoms with Crippen molar-refractivity contribution in [1.82, 2.24) is 5.32 Å². The van der Waals surface area contributed by atoms with Gasteiger partial charge >= 0.3 is 0 Å². The van der Waals surface area contributed by atoms with Gasteiger partial charge in [-0.3, -0.25) is 4.79 Å². The number of amides is 1. The van der Waals surface area contributed by atoms with E-state index in [4.69, 9.17) is 0 Å². The average molecular weight is 237 g/mol. The fourth-order valence-corrected chi connectivity index (χ4v) is 2.63. The second-order valence-corrected chi connectivity index (χ2v) is 6.80. The van der Waals surface area contributed by atoms with Gasteiger partial charge in [-0.2, -0.15) is 0 Å². The van der Waals surface area contributed by atoms with Crippen LogP contribution in [0.15, 0.2) is 12.7 Å². The SMILES string of the molecule is C=C[C@@H]1CC[C@@H](C)[C@](C)(C(=O)NC(C)(C)C)C1. The lowest BCUT2D eigenvalue weighted by Gasteiger charge is -2.42. The fraction of sp³-hybridized carbons (Fsp3) is 0.800. The standard InChI is InChI=1S/C15H27NO/c1-7-12-9-8-11(2)15(6,10-12)13(17)16-14(3,4)5/h7,11-12H,1,8-10H2,2-6H3,(H,16,17)/t11-,12-,15-/m1/s1. The van der Waals surface area contributed by atoms with E-state index in [9.17, 15) is 4.79 Å². The molecule has 0 heterocycles. The summed E-state index contributed by atoms with van der Waals surface area (Å²) in [6, 6.07) is 0. The van der Waals surface area contributed by atoms with Gasteiger partial charge in [0.05, 0.1) is 0 Å². The third kappa shape index (κ3) is 3.34. The van der Waals surface area contributed by atoms with Crippen LogP contribution >= 0.6 is 0 Å². The molecule has 0 aromatic carbocycles. The van der Waals surface area contributed by atoms with Crippen LogP contribution in [0.3, 0.4) is 0 Å². The highest BCUT2D eigenvalue weighted by Crippen LogP contribution is 2.44. The predicted molar refractivity (Wildman–Crippen MR) is 72.7 cm³/mol. The van der Waals surface area contributed by atoms with Crippen LogP contribution in [0.1, 0.15) is 53.9 Å². The Morgan fingerprint density at radius 3 is 2.47 bits per heavy atom. The Hall–Kier alpha value is -0.790. The number of carbonyl (C=O) groups excluding carboxylic acids is 1. The van der Waals surface area contributed by atoms with Gasteiger partial charge in [0, 0.05) is 11.0 Å². The highest BCUT2D eigenvalue weighted by atomic mass is 16.2. The lowest BCUT2D eigenvalue weighted by molar-refractivity contribution is -0.137. The van der Waals surface area contributed by atoms with Crippen LogP contribution in [0.4, 0.5) is 0 Å². The Morgan fingerprint density at radius 2 is 2.00 bits per heavy atom. The minimum atomic E-state index is -0.246. The molecule has 3 atom stereocenters. The van der Waals surface area contributed by atoms with Crippen molar-refractivity contribution in [3.63, 3.8) is 0 Å². The molecule has 0 saturated heterocycles. The number of hydrogen-bond acceptors (Lipinski definition) is 1. The maximum Gasteiger partial charge on any atom is 0.226 e. The van der Waals surface area contributed by atoms with Crippen LogP contribution in [0.25, 0.3) is 0 Å². The maximum atomic E-state index is 12.5. The summed E-state index contributed by atoms with van der Waals surface area (Å²) in [7, 11) is 0. The molecule has 1 fully saturated rings. The Bertz CT molecular complexity index is 303. The molecular weight excluding hydrogens is 210 g/mol. The summed E-state index contributed by atoms with van der Waals surface area (Å²) >= 11 is 0. The lowest BCUT2D eigenvalue weighted by Crippen LogP contribution is -2.52. The fourth-order valence-electron chi connectivity index (χ4n) is 2.63. The van der Waals surface area contributed by atoms with E-state index in [1.54, 1.807) is 0 Å². The van der Waals surface area contributed by atoms with E-state index in [1.807, 2.05) is 26.8 Å². The largest absolute Gasteiger partial charge is 0.351 e. The lowest BCUT2D eigenvalue weighted by atomic mass is 9.64. The highest BCUT2D eigenvalue weighted by Gasteiger charge is 2.43. The first-order valence-electron chi connectivity index (χ1n) is 6.64. The zero-order valence-electron chi connectivity index (χ0n) is 12.0. The van der Waals surface area contributed by atoms with Crippen LogP contribution in [-0.4, -0.2) is 11.4 Å². The van der Waals surface area contributed by atoms with E-state index in [0.717, 1.165) is 12.8 Å². The first-order valence-corrected chi connectivity index (χ1v) is 6.64. The number of rotatable bonds is 2. The smallest absolute Gasteiger partial charge is 0.226 e. The first-order chi connectivity index (χ1) is 7.69. The summed E-state index contributed by atoms with van der Waals surface area (Å²) in [6.45, 7) is 14.3. The Labute approximate surface area is 106 Å². The van der Waals surface area contributed by atoms with Crippen molar-refractivity contribution in [2.75, 3.05) is 0 Å². The van der Waals surface area contributed by atoms with Crippen molar-refractivity contribution in [3.05, 3.63) is 12.7 Å². The molecule has 0 bridgehead atoms. The zero-order chi connectivity index (χ0) is 13.3. The zero-order valence-corrected chi connectivity index (χ0v) is 12.0. The van der Waals surface area contributed by atoms with Gasteiger partial charge in [-0.25, -0.2) is 0 Å². The van der Waals surface area contributed by atoms with Crippen LogP contribution in [0.5, 0.6) is 0 Å². The van der Waals surface area contributed by atoms with Crippen LogP contribution in [-0.2, 0) is 4.79 Å². The molecule has 2 heteroatoms. The molecule has 0 unspecified atom stereocenters. The minimum absolute atomic E-state index is 0.152. The molecule has 1 N–H and O–H groups in total. The van der Waals surface area contributed by atoms with E-state index >= 15 is 0 Å². The number of hydrogen-bond donors (Lipinski definition) is 1. The number of allylic oxidation sites excluding steroid dienone is 1. The second-order valence-electron chi connectivity index (χ2n) is 6.80. The maximum absolute atomic E-state index is 12.5. The molecule has 0 radical (unpaired) electrons. The molecule has 0 aromatic rings. The normalized spacial score (nSPS) is 34.2. The molecule has 17 heavy (non-hydrogen) atoms. The quantitative estimate of drug-likeness (QED) is 0.731. The van der Waals surface area contributed by atoms with Crippen molar-refractivity contribution < 1.29 is 4.79 Å². The molecule has 1 aliphatic carbocycles. The van der Waals surface area contributed by atoms with Crippen molar-refractivity contribution >= 4 is 5.91 Å². The average Bonchev–Trinajstić information content (AvgIpc) is 2.19. The number of nitrogens with one attached hydrogen (secondary N) is 1. The Kier molecular flexibility index (Phi) is 4.06. The molecule has 1 saturated carbocycles. The van der Waals surface area contributed by atoms with Gasteiger partial charge in [-0.05, 0) is 51.9 Å². The molecule has 2 nitrogen and oxygen atoms in total. The summed E-state index contributed by atoms with van der Waals surface area (Å²) in [5, 5.41) is 3.13. The minimum Gasteiger partial charge on any atom is -0.351 e. The van der Waals surface area contributed by atoms with E-state index in [2.05, 4.69) is 25.7 Å². The van der Waals surface area contributed by atoms with Crippen molar-refractivity contribution in [2.24, 2.45) is 17.3 Å². The van der Waals surface area contributed by atoms with Crippen molar-refractivity contribution in [1.29, 1.82) is 0 Å². The van der Waals surface area contributed by atoms with Crippen molar-refractivity contribution in [3.8, 4) is 0 Å². The molecule has 0 spiro atoms. The summed E-state index contributed by atoms with van der Waals surface area (Å²) < 4.78 is 0. The molecular formula is C15H27NO.